The summed E-state index contributed by atoms with van der Waals surface area (Å²) in [7, 11) is -3.55. The standard InChI is InChI=1S/C13H15N3O3S/c1-9-5-15-13(19-9)8-16-20(17,18)12-3-2-10-6-14-7-11(10)4-12/h2-5,14,16H,6-8H2,1H3. The molecule has 0 saturated carbocycles. The van der Waals surface area contributed by atoms with Crippen molar-refractivity contribution in [1.82, 2.24) is 15.0 Å². The van der Waals surface area contributed by atoms with Gasteiger partial charge in [-0.05, 0) is 30.2 Å². The molecule has 0 aliphatic carbocycles. The summed E-state index contributed by atoms with van der Waals surface area (Å²) in [4.78, 5) is 4.23. The topological polar surface area (TPSA) is 84.2 Å². The lowest BCUT2D eigenvalue weighted by molar-refractivity contribution is 0.463. The van der Waals surface area contributed by atoms with Crippen molar-refractivity contribution < 1.29 is 12.8 Å². The van der Waals surface area contributed by atoms with Gasteiger partial charge in [0.2, 0.25) is 15.9 Å². The molecule has 20 heavy (non-hydrogen) atoms. The highest BCUT2D eigenvalue weighted by Gasteiger charge is 2.18. The Morgan fingerprint density at radius 2 is 2.15 bits per heavy atom. The van der Waals surface area contributed by atoms with Gasteiger partial charge in [-0.25, -0.2) is 18.1 Å². The average molecular weight is 293 g/mol. The molecule has 0 bridgehead atoms. The molecule has 2 N–H and O–H groups in total. The van der Waals surface area contributed by atoms with Crippen LogP contribution in [0, 0.1) is 6.92 Å². The van der Waals surface area contributed by atoms with Gasteiger partial charge in [0.25, 0.3) is 0 Å². The van der Waals surface area contributed by atoms with Crippen LogP contribution in [0.1, 0.15) is 22.8 Å². The third-order valence-corrected chi connectivity index (χ3v) is 4.60. The van der Waals surface area contributed by atoms with Gasteiger partial charge < -0.3 is 9.73 Å². The molecule has 0 saturated heterocycles. The van der Waals surface area contributed by atoms with E-state index in [9.17, 15) is 8.42 Å². The lowest BCUT2D eigenvalue weighted by atomic mass is 10.1. The van der Waals surface area contributed by atoms with Crippen molar-refractivity contribution in [1.29, 1.82) is 0 Å². The molecule has 7 heteroatoms. The third-order valence-electron chi connectivity index (χ3n) is 3.20. The van der Waals surface area contributed by atoms with Crippen molar-refractivity contribution in [2.24, 2.45) is 0 Å². The van der Waals surface area contributed by atoms with Gasteiger partial charge in [-0.1, -0.05) is 6.07 Å². The quantitative estimate of drug-likeness (QED) is 0.880. The Hall–Kier alpha value is -1.70. The average Bonchev–Trinajstić information content (AvgIpc) is 3.04. The van der Waals surface area contributed by atoms with Crippen molar-refractivity contribution in [3.05, 3.63) is 47.2 Å². The lowest BCUT2D eigenvalue weighted by Crippen LogP contribution is -2.23. The Kier molecular flexibility index (Phi) is 3.33. The van der Waals surface area contributed by atoms with E-state index in [2.05, 4.69) is 15.0 Å². The molecular weight excluding hydrogens is 278 g/mol. The second-order valence-electron chi connectivity index (χ2n) is 4.72. The first-order valence-electron chi connectivity index (χ1n) is 6.28. The second kappa shape index (κ2) is 5.01. The molecule has 106 valence electrons. The summed E-state index contributed by atoms with van der Waals surface area (Å²) in [5, 5.41) is 3.19. The molecule has 1 aliphatic rings. The van der Waals surface area contributed by atoms with E-state index in [1.807, 2.05) is 6.07 Å². The molecule has 0 unspecified atom stereocenters. The van der Waals surface area contributed by atoms with Crippen LogP contribution in [0.4, 0.5) is 0 Å². The van der Waals surface area contributed by atoms with Crippen LogP contribution in [0.3, 0.4) is 0 Å². The number of aryl methyl sites for hydroxylation is 1. The number of rotatable bonds is 4. The molecule has 0 spiro atoms. The van der Waals surface area contributed by atoms with E-state index in [0.29, 0.717) is 18.2 Å². The van der Waals surface area contributed by atoms with E-state index in [1.54, 1.807) is 25.3 Å². The van der Waals surface area contributed by atoms with Crippen molar-refractivity contribution in [3.63, 3.8) is 0 Å². The highest BCUT2D eigenvalue weighted by Crippen LogP contribution is 2.20. The molecule has 1 aromatic carbocycles. The normalized spacial score (nSPS) is 14.4. The molecule has 0 radical (unpaired) electrons. The number of benzene rings is 1. The Morgan fingerprint density at radius 3 is 2.90 bits per heavy atom. The molecular formula is C13H15N3O3S. The number of oxazole rings is 1. The summed E-state index contributed by atoms with van der Waals surface area (Å²) in [6.07, 6.45) is 1.56. The third kappa shape index (κ3) is 2.60. The van der Waals surface area contributed by atoms with E-state index in [-0.39, 0.29) is 11.4 Å². The summed E-state index contributed by atoms with van der Waals surface area (Å²) < 4.78 is 32.2. The first-order chi connectivity index (χ1) is 9.54. The molecule has 0 amide bonds. The molecule has 1 aromatic heterocycles. The first-order valence-corrected chi connectivity index (χ1v) is 7.76. The summed E-state index contributed by atoms with van der Waals surface area (Å²) in [5.41, 5.74) is 2.17. The van der Waals surface area contributed by atoms with E-state index in [4.69, 9.17) is 4.42 Å². The SMILES string of the molecule is Cc1cnc(CNS(=O)(=O)c2ccc3c(c2)CNC3)o1. The lowest BCUT2D eigenvalue weighted by Gasteiger charge is -2.06. The highest BCUT2D eigenvalue weighted by atomic mass is 32.2. The van der Waals surface area contributed by atoms with Gasteiger partial charge >= 0.3 is 0 Å². The Labute approximate surface area is 117 Å². The zero-order valence-corrected chi connectivity index (χ0v) is 11.8. The van der Waals surface area contributed by atoms with Crippen LogP contribution in [0.2, 0.25) is 0 Å². The van der Waals surface area contributed by atoms with Crippen LogP contribution in [0.5, 0.6) is 0 Å². The number of nitrogens with zero attached hydrogens (tertiary/aromatic N) is 1. The fourth-order valence-electron chi connectivity index (χ4n) is 2.16. The minimum Gasteiger partial charge on any atom is -0.445 e. The van der Waals surface area contributed by atoms with Crippen LogP contribution in [0.15, 0.2) is 33.7 Å². The van der Waals surface area contributed by atoms with Gasteiger partial charge in [0.1, 0.15) is 5.76 Å². The van der Waals surface area contributed by atoms with Gasteiger partial charge in [-0.2, -0.15) is 0 Å². The Morgan fingerprint density at radius 1 is 1.35 bits per heavy atom. The van der Waals surface area contributed by atoms with Crippen LogP contribution in [-0.4, -0.2) is 13.4 Å². The predicted octanol–water partition coefficient (Wildman–Crippen LogP) is 1.06. The summed E-state index contributed by atoms with van der Waals surface area (Å²) >= 11 is 0. The summed E-state index contributed by atoms with van der Waals surface area (Å²) in [6.45, 7) is 3.31. The fourth-order valence-corrected chi connectivity index (χ4v) is 3.19. The zero-order valence-electron chi connectivity index (χ0n) is 11.0. The second-order valence-corrected chi connectivity index (χ2v) is 6.49. The molecule has 3 rings (SSSR count). The summed E-state index contributed by atoms with van der Waals surface area (Å²) in [6, 6.07) is 5.17. The van der Waals surface area contributed by atoms with E-state index in [0.717, 1.165) is 17.7 Å². The van der Waals surface area contributed by atoms with Gasteiger partial charge in [-0.3, -0.25) is 0 Å². The highest BCUT2D eigenvalue weighted by molar-refractivity contribution is 7.89. The minimum atomic E-state index is -3.55. The number of hydrogen-bond acceptors (Lipinski definition) is 5. The maximum Gasteiger partial charge on any atom is 0.241 e. The number of nitrogens with one attached hydrogen (secondary N) is 2. The molecule has 6 nitrogen and oxygen atoms in total. The molecule has 0 atom stereocenters. The maximum atomic E-state index is 12.2. The van der Waals surface area contributed by atoms with Crippen molar-refractivity contribution in [2.45, 2.75) is 31.5 Å². The molecule has 1 aliphatic heterocycles. The van der Waals surface area contributed by atoms with Gasteiger partial charge in [0.15, 0.2) is 0 Å². The van der Waals surface area contributed by atoms with Crippen LogP contribution in [0.25, 0.3) is 0 Å². The van der Waals surface area contributed by atoms with Crippen LogP contribution < -0.4 is 10.0 Å². The van der Waals surface area contributed by atoms with E-state index >= 15 is 0 Å². The number of sulfonamides is 1. The molecule has 0 fully saturated rings. The van der Waals surface area contributed by atoms with Crippen molar-refractivity contribution >= 4 is 10.0 Å². The number of hydrogen-bond donors (Lipinski definition) is 2. The smallest absolute Gasteiger partial charge is 0.241 e. The van der Waals surface area contributed by atoms with Crippen molar-refractivity contribution in [3.8, 4) is 0 Å². The van der Waals surface area contributed by atoms with Gasteiger partial charge in [-0.15, -0.1) is 0 Å². The Bertz CT molecular complexity index is 737. The molecule has 2 heterocycles. The maximum absolute atomic E-state index is 12.2. The van der Waals surface area contributed by atoms with Crippen LogP contribution in [-0.2, 0) is 29.7 Å². The minimum absolute atomic E-state index is 0.0471. The van der Waals surface area contributed by atoms with Gasteiger partial charge in [0, 0.05) is 13.1 Å². The van der Waals surface area contributed by atoms with E-state index < -0.39 is 10.0 Å². The number of fused-ring (bicyclic) bond motifs is 1. The van der Waals surface area contributed by atoms with Crippen molar-refractivity contribution in [2.75, 3.05) is 0 Å². The van der Waals surface area contributed by atoms with Gasteiger partial charge in [0.05, 0.1) is 17.6 Å². The largest absolute Gasteiger partial charge is 0.445 e. The fraction of sp³-hybridized carbons (Fsp3) is 0.308. The summed E-state index contributed by atoms with van der Waals surface area (Å²) in [5.74, 6) is 1.01. The monoisotopic (exact) mass is 293 g/mol. The number of aromatic nitrogens is 1. The first kappa shape index (κ1) is 13.3. The zero-order chi connectivity index (χ0) is 14.2. The molecule has 2 aromatic rings. The predicted molar refractivity (Wildman–Crippen MR) is 72.3 cm³/mol. The van der Waals surface area contributed by atoms with Crippen LogP contribution >= 0.6 is 0 Å². The Balaban J connectivity index is 1.78. The van der Waals surface area contributed by atoms with E-state index in [1.165, 1.54) is 0 Å².